The lowest BCUT2D eigenvalue weighted by Crippen LogP contribution is -2.30. The molecule has 0 radical (unpaired) electrons. The van der Waals surface area contributed by atoms with E-state index in [-0.39, 0.29) is 23.7 Å². The molecule has 32 heavy (non-hydrogen) atoms. The van der Waals surface area contributed by atoms with Gasteiger partial charge in [0.05, 0.1) is 12.0 Å². The minimum absolute atomic E-state index is 0.000214. The van der Waals surface area contributed by atoms with Crippen molar-refractivity contribution in [2.75, 3.05) is 11.1 Å². The van der Waals surface area contributed by atoms with Gasteiger partial charge in [0.1, 0.15) is 5.82 Å². The number of anilines is 2. The van der Waals surface area contributed by atoms with Crippen molar-refractivity contribution < 1.29 is 9.59 Å². The number of aromatic nitrogens is 1. The number of amides is 2. The first kappa shape index (κ1) is 23.0. The van der Waals surface area contributed by atoms with Gasteiger partial charge in [0.25, 0.3) is 5.91 Å². The van der Waals surface area contributed by atoms with E-state index in [0.717, 1.165) is 34.4 Å². The Balaban J connectivity index is 1.74. The summed E-state index contributed by atoms with van der Waals surface area (Å²) in [4.78, 5) is 29.1. The summed E-state index contributed by atoms with van der Waals surface area (Å²) in [5, 5.41) is 5.80. The maximum Gasteiger partial charge on any atom is 0.255 e. The number of rotatable bonds is 7. The van der Waals surface area contributed by atoms with E-state index in [9.17, 15) is 9.59 Å². The summed E-state index contributed by atoms with van der Waals surface area (Å²) in [6, 6.07) is 15.5. The van der Waals surface area contributed by atoms with Gasteiger partial charge in [-0.2, -0.15) is 0 Å². The fraction of sp³-hybridized carbons (Fsp3) is 0.269. The molecule has 4 N–H and O–H groups in total. The summed E-state index contributed by atoms with van der Waals surface area (Å²) in [6.45, 7) is 7.85. The molecule has 0 aliphatic heterocycles. The molecular formula is C26H30N4O2. The number of carbonyl (C=O) groups is 2. The Kier molecular flexibility index (Phi) is 7.25. The highest BCUT2D eigenvalue weighted by Gasteiger charge is 2.15. The largest absolute Gasteiger partial charge is 0.383 e. The fourth-order valence-electron chi connectivity index (χ4n) is 3.49. The first-order valence-electron chi connectivity index (χ1n) is 10.8. The van der Waals surface area contributed by atoms with Gasteiger partial charge in [-0.3, -0.25) is 9.59 Å². The zero-order valence-corrected chi connectivity index (χ0v) is 19.0. The van der Waals surface area contributed by atoms with Crippen molar-refractivity contribution in [3.8, 4) is 11.1 Å². The molecule has 1 aromatic heterocycles. The molecule has 0 unspecified atom stereocenters. The molecule has 2 amide bonds. The zero-order valence-electron chi connectivity index (χ0n) is 19.0. The molecule has 166 valence electrons. The maximum absolute atomic E-state index is 12.5. The molecule has 0 saturated heterocycles. The van der Waals surface area contributed by atoms with Crippen LogP contribution < -0.4 is 16.4 Å². The molecule has 0 saturated carbocycles. The molecule has 2 aromatic carbocycles. The molecule has 0 atom stereocenters. The molecule has 0 spiro atoms. The first-order chi connectivity index (χ1) is 15.3. The smallest absolute Gasteiger partial charge is 0.255 e. The molecule has 6 heteroatoms. The Morgan fingerprint density at radius 2 is 1.72 bits per heavy atom. The molecule has 0 bridgehead atoms. The van der Waals surface area contributed by atoms with E-state index in [1.165, 1.54) is 5.56 Å². The van der Waals surface area contributed by atoms with Crippen LogP contribution in [0, 0.1) is 6.92 Å². The third kappa shape index (κ3) is 5.72. The average molecular weight is 431 g/mol. The van der Waals surface area contributed by atoms with Crippen LogP contribution in [0.1, 0.15) is 47.8 Å². The average Bonchev–Trinajstić information content (AvgIpc) is 2.74. The minimum Gasteiger partial charge on any atom is -0.383 e. The van der Waals surface area contributed by atoms with Crippen molar-refractivity contribution in [2.45, 2.75) is 46.6 Å². The van der Waals surface area contributed by atoms with Crippen LogP contribution in [0.3, 0.4) is 0 Å². The Morgan fingerprint density at radius 1 is 1.03 bits per heavy atom. The van der Waals surface area contributed by atoms with Crippen LogP contribution in [-0.4, -0.2) is 22.8 Å². The van der Waals surface area contributed by atoms with Gasteiger partial charge in [0, 0.05) is 23.5 Å². The van der Waals surface area contributed by atoms with Crippen LogP contribution in [0.2, 0.25) is 0 Å². The standard InChI is InChI=1S/C26H30N4O2/c1-5-18-6-8-19(9-7-18)13-24(31)30-21-10-11-22(17(4)12-21)20-14-23(25(27)28-15-20)26(32)29-16(2)3/h6-12,14-16H,5,13H2,1-4H3,(H2,27,28)(H,29,32)(H,30,31). The Morgan fingerprint density at radius 3 is 2.34 bits per heavy atom. The quantitative estimate of drug-likeness (QED) is 0.513. The summed E-state index contributed by atoms with van der Waals surface area (Å²) >= 11 is 0. The van der Waals surface area contributed by atoms with Crippen LogP contribution in [0.4, 0.5) is 11.5 Å². The molecule has 3 rings (SSSR count). The molecule has 1 heterocycles. The van der Waals surface area contributed by atoms with E-state index in [1.54, 1.807) is 12.3 Å². The second-order valence-corrected chi connectivity index (χ2v) is 8.21. The van der Waals surface area contributed by atoms with Crippen molar-refractivity contribution in [2.24, 2.45) is 0 Å². The number of nitrogens with one attached hydrogen (secondary N) is 2. The number of nitrogens with two attached hydrogens (primary N) is 1. The number of benzene rings is 2. The highest BCUT2D eigenvalue weighted by molar-refractivity contribution is 5.99. The lowest BCUT2D eigenvalue weighted by molar-refractivity contribution is -0.115. The molecular weight excluding hydrogens is 400 g/mol. The van der Waals surface area contributed by atoms with Gasteiger partial charge < -0.3 is 16.4 Å². The number of hydrogen-bond donors (Lipinski definition) is 3. The third-order valence-corrected chi connectivity index (χ3v) is 5.20. The van der Waals surface area contributed by atoms with Crippen LogP contribution >= 0.6 is 0 Å². The van der Waals surface area contributed by atoms with Crippen LogP contribution in [0.25, 0.3) is 11.1 Å². The maximum atomic E-state index is 12.5. The first-order valence-corrected chi connectivity index (χ1v) is 10.8. The lowest BCUT2D eigenvalue weighted by atomic mass is 9.99. The summed E-state index contributed by atoms with van der Waals surface area (Å²) in [5.41, 5.74) is 11.9. The third-order valence-electron chi connectivity index (χ3n) is 5.20. The monoisotopic (exact) mass is 430 g/mol. The summed E-state index contributed by atoms with van der Waals surface area (Å²) < 4.78 is 0. The molecule has 0 aliphatic rings. The van der Waals surface area contributed by atoms with Crippen molar-refractivity contribution in [3.63, 3.8) is 0 Å². The highest BCUT2D eigenvalue weighted by Crippen LogP contribution is 2.27. The predicted molar refractivity (Wildman–Crippen MR) is 130 cm³/mol. The second-order valence-electron chi connectivity index (χ2n) is 8.21. The van der Waals surface area contributed by atoms with Gasteiger partial charge in [-0.1, -0.05) is 37.3 Å². The van der Waals surface area contributed by atoms with Gasteiger partial charge in [0.2, 0.25) is 5.91 Å². The zero-order chi connectivity index (χ0) is 23.3. The van der Waals surface area contributed by atoms with E-state index in [4.69, 9.17) is 5.73 Å². The Hall–Kier alpha value is -3.67. The number of aryl methyl sites for hydroxylation is 2. The van der Waals surface area contributed by atoms with Crippen LogP contribution in [0.5, 0.6) is 0 Å². The van der Waals surface area contributed by atoms with Crippen LogP contribution in [0.15, 0.2) is 54.7 Å². The molecule has 0 fully saturated rings. The number of pyridine rings is 1. The predicted octanol–water partition coefficient (Wildman–Crippen LogP) is 4.52. The van der Waals surface area contributed by atoms with Crippen LogP contribution in [-0.2, 0) is 17.6 Å². The Labute approximate surface area is 189 Å². The van der Waals surface area contributed by atoms with Gasteiger partial charge in [-0.15, -0.1) is 0 Å². The van der Waals surface area contributed by atoms with Crippen molar-refractivity contribution in [3.05, 3.63) is 77.0 Å². The van der Waals surface area contributed by atoms with Gasteiger partial charge in [0.15, 0.2) is 0 Å². The summed E-state index contributed by atoms with van der Waals surface area (Å²) in [7, 11) is 0. The van der Waals surface area contributed by atoms with E-state index in [2.05, 4.69) is 34.7 Å². The van der Waals surface area contributed by atoms with E-state index < -0.39 is 0 Å². The SMILES string of the molecule is CCc1ccc(CC(=O)Nc2ccc(-c3cnc(N)c(C(=O)NC(C)C)c3)c(C)c2)cc1. The van der Waals surface area contributed by atoms with E-state index in [1.807, 2.05) is 51.1 Å². The normalized spacial score (nSPS) is 10.8. The number of carbonyl (C=O) groups excluding carboxylic acids is 2. The number of nitrogens with zero attached hydrogens (tertiary/aromatic N) is 1. The summed E-state index contributed by atoms with van der Waals surface area (Å²) in [5.74, 6) is -0.121. The number of nitrogen functional groups attached to an aromatic ring is 1. The number of hydrogen-bond acceptors (Lipinski definition) is 4. The highest BCUT2D eigenvalue weighted by atomic mass is 16.2. The molecule has 0 aliphatic carbocycles. The minimum atomic E-state index is -0.250. The van der Waals surface area contributed by atoms with Gasteiger partial charge in [-0.05, 0) is 67.6 Å². The second kappa shape index (κ2) is 10.1. The Bertz CT molecular complexity index is 1120. The van der Waals surface area contributed by atoms with Crippen molar-refractivity contribution in [1.82, 2.24) is 10.3 Å². The molecule has 6 nitrogen and oxygen atoms in total. The summed E-state index contributed by atoms with van der Waals surface area (Å²) in [6.07, 6.45) is 2.95. The van der Waals surface area contributed by atoms with Crippen molar-refractivity contribution >= 4 is 23.3 Å². The van der Waals surface area contributed by atoms with E-state index in [0.29, 0.717) is 12.0 Å². The van der Waals surface area contributed by atoms with Crippen molar-refractivity contribution in [1.29, 1.82) is 0 Å². The fourth-order valence-corrected chi connectivity index (χ4v) is 3.49. The van der Waals surface area contributed by atoms with Gasteiger partial charge >= 0.3 is 0 Å². The molecule has 3 aromatic rings. The lowest BCUT2D eigenvalue weighted by Gasteiger charge is -2.13. The van der Waals surface area contributed by atoms with E-state index >= 15 is 0 Å². The van der Waals surface area contributed by atoms with Gasteiger partial charge in [-0.25, -0.2) is 4.98 Å². The topological polar surface area (TPSA) is 97.1 Å².